The van der Waals surface area contributed by atoms with Crippen molar-refractivity contribution in [2.45, 2.75) is 20.8 Å². The van der Waals surface area contributed by atoms with Gasteiger partial charge in [0.2, 0.25) is 13.6 Å². The van der Waals surface area contributed by atoms with E-state index in [1.54, 1.807) is 0 Å². The number of carbonyl (C=O) groups is 5. The number of carbonyl (C=O) groups excluding carboxylic acids is 5. The zero-order valence-corrected chi connectivity index (χ0v) is 25.3. The van der Waals surface area contributed by atoms with E-state index in [2.05, 4.69) is 19.7 Å². The van der Waals surface area contributed by atoms with Crippen molar-refractivity contribution in [3.05, 3.63) is 114 Å². The Balaban J connectivity index is 1.68. The Bertz CT molecular complexity index is 1670. The zero-order valence-electron chi connectivity index (χ0n) is 25.3. The third-order valence-electron chi connectivity index (χ3n) is 5.59. The molecule has 0 heterocycles. The van der Waals surface area contributed by atoms with E-state index in [1.165, 1.54) is 87.5 Å². The van der Waals surface area contributed by atoms with Crippen LogP contribution in [0.15, 0.2) is 103 Å². The molecule has 0 bridgehead atoms. The molecule has 12 heteroatoms. The van der Waals surface area contributed by atoms with E-state index in [-0.39, 0.29) is 58.7 Å². The van der Waals surface area contributed by atoms with Crippen molar-refractivity contribution in [3.8, 4) is 28.7 Å². The maximum absolute atomic E-state index is 12.9. The van der Waals surface area contributed by atoms with Crippen LogP contribution in [0.5, 0.6) is 28.7 Å². The SMILES string of the molecule is C=C(C)C(=O)OCOc1ccc(C(=O)Oc2ccc(OC(=O)c3ccc(OCOC(=O)C(=C)C)cc3)c(OC(=O)C(=C)C)c2)cc1. The van der Waals surface area contributed by atoms with E-state index in [9.17, 15) is 24.0 Å². The van der Waals surface area contributed by atoms with Gasteiger partial charge in [0.1, 0.15) is 17.2 Å². The van der Waals surface area contributed by atoms with E-state index in [0.29, 0.717) is 11.5 Å². The number of ether oxygens (including phenoxy) is 7. The Labute approximate surface area is 264 Å². The van der Waals surface area contributed by atoms with Crippen LogP contribution in [0.25, 0.3) is 0 Å². The molecule has 238 valence electrons. The van der Waals surface area contributed by atoms with Crippen LogP contribution in [0, 0.1) is 0 Å². The van der Waals surface area contributed by atoms with Crippen LogP contribution >= 0.6 is 0 Å². The van der Waals surface area contributed by atoms with Crippen LogP contribution < -0.4 is 23.7 Å². The zero-order chi connectivity index (χ0) is 33.8. The Morgan fingerprint density at radius 3 is 1.35 bits per heavy atom. The molecule has 0 N–H and O–H groups in total. The second kappa shape index (κ2) is 16.1. The van der Waals surface area contributed by atoms with E-state index < -0.39 is 29.8 Å². The summed E-state index contributed by atoms with van der Waals surface area (Å²) in [5.74, 6) is -3.28. The van der Waals surface area contributed by atoms with Gasteiger partial charge >= 0.3 is 29.8 Å². The maximum Gasteiger partial charge on any atom is 0.343 e. The molecular formula is C34H30O12. The summed E-state index contributed by atoms with van der Waals surface area (Å²) in [6.07, 6.45) is 0. The smallest absolute Gasteiger partial charge is 0.343 e. The second-order valence-corrected chi connectivity index (χ2v) is 9.55. The standard InChI is InChI=1S/C34H30O12/c1-20(2)30(35)42-18-40-25-11-7-23(8-12-25)33(38)44-27-15-16-28(29(17-27)46-32(37)22(5)6)45-34(39)24-9-13-26(14-10-24)41-19-43-31(36)21(3)4/h7-17H,1,3,5,18-19H2,2,4,6H3. The third-order valence-corrected chi connectivity index (χ3v) is 5.59. The lowest BCUT2D eigenvalue weighted by Gasteiger charge is -2.13. The fourth-order valence-corrected chi connectivity index (χ4v) is 3.15. The van der Waals surface area contributed by atoms with Gasteiger partial charge in [-0.1, -0.05) is 19.7 Å². The van der Waals surface area contributed by atoms with Crippen molar-refractivity contribution in [2.24, 2.45) is 0 Å². The topological polar surface area (TPSA) is 150 Å². The Morgan fingerprint density at radius 2 is 0.913 bits per heavy atom. The van der Waals surface area contributed by atoms with Crippen molar-refractivity contribution in [1.82, 2.24) is 0 Å². The van der Waals surface area contributed by atoms with Crippen LogP contribution in [0.1, 0.15) is 41.5 Å². The summed E-state index contributed by atoms with van der Waals surface area (Å²) in [5, 5.41) is 0. The number of hydrogen-bond donors (Lipinski definition) is 0. The van der Waals surface area contributed by atoms with Gasteiger partial charge in [-0.25, -0.2) is 24.0 Å². The minimum Gasteiger partial charge on any atom is -0.457 e. The summed E-state index contributed by atoms with van der Waals surface area (Å²) < 4.78 is 36.5. The van der Waals surface area contributed by atoms with Gasteiger partial charge < -0.3 is 33.2 Å². The first-order valence-electron chi connectivity index (χ1n) is 13.4. The molecule has 0 aliphatic carbocycles. The van der Waals surface area contributed by atoms with Crippen LogP contribution in [0.3, 0.4) is 0 Å². The lowest BCUT2D eigenvalue weighted by atomic mass is 10.2. The molecule has 0 saturated heterocycles. The van der Waals surface area contributed by atoms with Crippen molar-refractivity contribution >= 4 is 29.8 Å². The van der Waals surface area contributed by atoms with Crippen LogP contribution in [0.4, 0.5) is 0 Å². The van der Waals surface area contributed by atoms with Crippen molar-refractivity contribution in [1.29, 1.82) is 0 Å². The molecule has 0 amide bonds. The lowest BCUT2D eigenvalue weighted by molar-refractivity contribution is -0.146. The van der Waals surface area contributed by atoms with Crippen molar-refractivity contribution < 1.29 is 57.1 Å². The summed E-state index contributed by atoms with van der Waals surface area (Å²) in [6.45, 7) is 14.2. The van der Waals surface area contributed by atoms with Crippen molar-refractivity contribution in [2.75, 3.05) is 13.6 Å². The number of benzene rings is 3. The Hall–Kier alpha value is -6.17. The molecule has 0 fully saturated rings. The van der Waals surface area contributed by atoms with Gasteiger partial charge in [-0.3, -0.25) is 0 Å². The number of rotatable bonds is 14. The summed E-state index contributed by atoms with van der Waals surface area (Å²) in [7, 11) is 0. The highest BCUT2D eigenvalue weighted by Crippen LogP contribution is 2.33. The normalized spacial score (nSPS) is 10.1. The number of esters is 5. The predicted octanol–water partition coefficient (Wildman–Crippen LogP) is 5.52. The minimum absolute atomic E-state index is 0.0183. The van der Waals surface area contributed by atoms with Gasteiger partial charge in [0.05, 0.1) is 11.1 Å². The van der Waals surface area contributed by atoms with Gasteiger partial charge in [0.15, 0.2) is 11.5 Å². The van der Waals surface area contributed by atoms with Gasteiger partial charge in [-0.2, -0.15) is 0 Å². The van der Waals surface area contributed by atoms with Gasteiger partial charge in [-0.15, -0.1) is 0 Å². The fourth-order valence-electron chi connectivity index (χ4n) is 3.15. The largest absolute Gasteiger partial charge is 0.457 e. The van der Waals surface area contributed by atoms with E-state index in [1.807, 2.05) is 0 Å². The average molecular weight is 631 g/mol. The fraction of sp³-hybridized carbons (Fsp3) is 0.147. The molecule has 0 aliphatic rings. The first-order valence-corrected chi connectivity index (χ1v) is 13.4. The molecule has 12 nitrogen and oxygen atoms in total. The maximum atomic E-state index is 12.9. The molecule has 3 aromatic rings. The molecule has 0 radical (unpaired) electrons. The monoisotopic (exact) mass is 630 g/mol. The first kappa shape index (κ1) is 34.3. The summed E-state index contributed by atoms with van der Waals surface area (Å²) in [5.41, 5.74) is 0.800. The summed E-state index contributed by atoms with van der Waals surface area (Å²) >= 11 is 0. The average Bonchev–Trinajstić information content (AvgIpc) is 3.02. The molecule has 0 aliphatic heterocycles. The van der Waals surface area contributed by atoms with Gasteiger partial charge in [0, 0.05) is 22.8 Å². The van der Waals surface area contributed by atoms with Crippen molar-refractivity contribution in [3.63, 3.8) is 0 Å². The van der Waals surface area contributed by atoms with E-state index in [4.69, 9.17) is 33.2 Å². The molecule has 0 atom stereocenters. The van der Waals surface area contributed by atoms with E-state index in [0.717, 1.165) is 0 Å². The molecule has 3 rings (SSSR count). The van der Waals surface area contributed by atoms with E-state index >= 15 is 0 Å². The molecule has 3 aromatic carbocycles. The molecular weight excluding hydrogens is 600 g/mol. The van der Waals surface area contributed by atoms with Gasteiger partial charge in [0.25, 0.3) is 0 Å². The lowest BCUT2D eigenvalue weighted by Crippen LogP contribution is -2.14. The molecule has 0 unspecified atom stereocenters. The Morgan fingerprint density at radius 1 is 0.500 bits per heavy atom. The minimum atomic E-state index is -0.806. The highest BCUT2D eigenvalue weighted by Gasteiger charge is 2.19. The quantitative estimate of drug-likeness (QED) is 0.0955. The van der Waals surface area contributed by atoms with Crippen LogP contribution in [-0.4, -0.2) is 43.4 Å². The highest BCUT2D eigenvalue weighted by molar-refractivity contribution is 5.93. The summed E-state index contributed by atoms with van der Waals surface area (Å²) in [4.78, 5) is 60.8. The number of hydrogen-bond acceptors (Lipinski definition) is 12. The van der Waals surface area contributed by atoms with Gasteiger partial charge in [-0.05, 0) is 81.4 Å². The molecule has 0 saturated carbocycles. The third kappa shape index (κ3) is 10.2. The van der Waals surface area contributed by atoms with Crippen LogP contribution in [0.2, 0.25) is 0 Å². The summed E-state index contributed by atoms with van der Waals surface area (Å²) in [6, 6.07) is 15.4. The van der Waals surface area contributed by atoms with Crippen LogP contribution in [-0.2, 0) is 23.9 Å². The first-order chi connectivity index (χ1) is 21.8. The Kier molecular flexibility index (Phi) is 12.0. The predicted molar refractivity (Wildman–Crippen MR) is 162 cm³/mol. The molecule has 46 heavy (non-hydrogen) atoms. The highest BCUT2D eigenvalue weighted by atomic mass is 16.7. The molecule has 0 spiro atoms. The molecule has 0 aromatic heterocycles. The second-order valence-electron chi connectivity index (χ2n) is 9.55.